The number of carbonyl (C=O) groups excluding carboxylic acids is 3. The van der Waals surface area contributed by atoms with Gasteiger partial charge in [-0.15, -0.1) is 0 Å². The smallest absolute Gasteiger partial charge is 0.328 e. The largest absolute Gasteiger partial charge is 0.348 e. The summed E-state index contributed by atoms with van der Waals surface area (Å²) in [7, 11) is 0. The summed E-state index contributed by atoms with van der Waals surface area (Å²) < 4.78 is 4.16. The molecule has 2 aromatic carbocycles. The molecule has 0 spiro atoms. The maximum absolute atomic E-state index is 12.9. The summed E-state index contributed by atoms with van der Waals surface area (Å²) in [6.45, 7) is 1.43. The molecule has 4 aromatic rings. The van der Waals surface area contributed by atoms with E-state index in [0.29, 0.717) is 23.0 Å². The first-order valence-corrected chi connectivity index (χ1v) is 11.1. The molecule has 8 nitrogen and oxygen atoms in total. The van der Waals surface area contributed by atoms with Crippen LogP contribution in [0.5, 0.6) is 0 Å². The Labute approximate surface area is 194 Å². The molecule has 0 aliphatic carbocycles. The van der Waals surface area contributed by atoms with Crippen molar-refractivity contribution in [3.8, 4) is 0 Å². The zero-order valence-electron chi connectivity index (χ0n) is 18.3. The Morgan fingerprint density at radius 1 is 0.706 bits per heavy atom. The minimum atomic E-state index is -0.815. The minimum absolute atomic E-state index is 0.0463. The van der Waals surface area contributed by atoms with Crippen molar-refractivity contribution in [1.82, 2.24) is 19.8 Å². The lowest BCUT2D eigenvalue weighted by Gasteiger charge is -2.16. The Hall–Kier alpha value is -4.46. The number of nitrogens with one attached hydrogen (secondary N) is 2. The molecule has 8 heteroatoms. The van der Waals surface area contributed by atoms with Crippen molar-refractivity contribution in [1.29, 1.82) is 0 Å². The summed E-state index contributed by atoms with van der Waals surface area (Å²) in [4.78, 5) is 48.2. The van der Waals surface area contributed by atoms with Gasteiger partial charge in [0.2, 0.25) is 0 Å². The Morgan fingerprint density at radius 2 is 1.29 bits per heavy atom. The quantitative estimate of drug-likeness (QED) is 0.202. The van der Waals surface area contributed by atoms with Crippen LogP contribution in [0.25, 0.3) is 27.9 Å². The molecule has 4 amide bonds. The molecule has 0 radical (unpaired) electrons. The van der Waals surface area contributed by atoms with E-state index < -0.39 is 17.8 Å². The number of hydrogen-bond donors (Lipinski definition) is 2. The van der Waals surface area contributed by atoms with Gasteiger partial charge in [-0.1, -0.05) is 24.3 Å². The monoisotopic (exact) mass is 454 g/mol. The second kappa shape index (κ2) is 8.82. The van der Waals surface area contributed by atoms with Crippen molar-refractivity contribution < 1.29 is 14.4 Å². The first kappa shape index (κ1) is 21.4. The number of rotatable bonds is 6. The van der Waals surface area contributed by atoms with Crippen LogP contribution >= 0.6 is 0 Å². The topological polar surface area (TPSA) is 102 Å². The predicted octanol–water partition coefficient (Wildman–Crippen LogP) is 3.19. The van der Waals surface area contributed by atoms with E-state index >= 15 is 0 Å². The summed E-state index contributed by atoms with van der Waals surface area (Å²) in [5, 5.41) is 5.59. The van der Waals surface area contributed by atoms with Crippen molar-refractivity contribution in [3.63, 3.8) is 0 Å². The van der Waals surface area contributed by atoms with Crippen LogP contribution in [-0.2, 0) is 22.7 Å². The molecule has 2 N–H and O–H groups in total. The second-order valence-electron chi connectivity index (χ2n) is 8.14. The van der Waals surface area contributed by atoms with E-state index in [1.165, 1.54) is 6.08 Å². The third kappa shape index (κ3) is 3.90. The van der Waals surface area contributed by atoms with Gasteiger partial charge >= 0.3 is 6.03 Å². The molecule has 2 aromatic heterocycles. The summed E-state index contributed by atoms with van der Waals surface area (Å²) in [6, 6.07) is 18.2. The molecule has 1 aliphatic rings. The first-order chi connectivity index (χ1) is 16.5. The SMILES string of the molecule is O=C1NC(=O)C(=Cc2cccn2CCCCn2c3ccccc3c(=O)c3ccccc32)C(=O)N1. The van der Waals surface area contributed by atoms with Gasteiger partial charge in [-0.2, -0.15) is 0 Å². The Morgan fingerprint density at radius 3 is 1.94 bits per heavy atom. The van der Waals surface area contributed by atoms with E-state index in [1.807, 2.05) is 71.4 Å². The van der Waals surface area contributed by atoms with E-state index in [0.717, 1.165) is 30.4 Å². The fraction of sp³-hybridized carbons (Fsp3) is 0.154. The summed E-state index contributed by atoms with van der Waals surface area (Å²) in [6.07, 6.45) is 5.08. The van der Waals surface area contributed by atoms with Gasteiger partial charge in [0, 0.05) is 35.8 Å². The average Bonchev–Trinajstić information content (AvgIpc) is 3.28. The predicted molar refractivity (Wildman–Crippen MR) is 129 cm³/mol. The van der Waals surface area contributed by atoms with Crippen molar-refractivity contribution in [3.05, 3.63) is 88.4 Å². The number of barbiturate groups is 1. The van der Waals surface area contributed by atoms with Crippen LogP contribution in [0.2, 0.25) is 0 Å². The number of aromatic nitrogens is 2. The zero-order chi connectivity index (χ0) is 23.7. The Kier molecular flexibility index (Phi) is 5.55. The number of para-hydroxylation sites is 2. The number of aryl methyl sites for hydroxylation is 2. The number of pyridine rings is 1. The Bertz CT molecular complexity index is 1460. The van der Waals surface area contributed by atoms with Crippen LogP contribution in [0.4, 0.5) is 4.79 Å². The van der Waals surface area contributed by atoms with Crippen molar-refractivity contribution >= 4 is 45.7 Å². The standard InChI is InChI=1S/C26H22N4O4/c31-23-18-9-1-3-11-21(18)30(22-12-4-2-10-19(22)23)15-6-5-13-29-14-7-8-17(29)16-20-24(32)27-26(34)28-25(20)33/h1-4,7-12,14,16H,5-6,13,15H2,(H2,27,28,32,33,34). The number of urea groups is 1. The van der Waals surface area contributed by atoms with Gasteiger partial charge in [0.15, 0.2) is 5.43 Å². The van der Waals surface area contributed by atoms with E-state index in [9.17, 15) is 19.2 Å². The number of fused-ring (bicyclic) bond motifs is 2. The number of carbonyl (C=O) groups is 3. The van der Waals surface area contributed by atoms with Gasteiger partial charge in [0.1, 0.15) is 5.57 Å². The van der Waals surface area contributed by atoms with Crippen molar-refractivity contribution in [2.75, 3.05) is 0 Å². The average molecular weight is 454 g/mol. The number of nitrogens with zero attached hydrogens (tertiary/aromatic N) is 2. The van der Waals surface area contributed by atoms with Crippen LogP contribution in [-0.4, -0.2) is 27.0 Å². The van der Waals surface area contributed by atoms with Crippen molar-refractivity contribution in [2.24, 2.45) is 0 Å². The highest BCUT2D eigenvalue weighted by atomic mass is 16.2. The highest BCUT2D eigenvalue weighted by molar-refractivity contribution is 6.31. The van der Waals surface area contributed by atoms with Crippen LogP contribution in [0.15, 0.2) is 77.2 Å². The number of hydrogen-bond acceptors (Lipinski definition) is 4. The van der Waals surface area contributed by atoms with Gasteiger partial charge in [-0.3, -0.25) is 25.0 Å². The summed E-state index contributed by atoms with van der Waals surface area (Å²) >= 11 is 0. The number of amides is 4. The molecule has 3 heterocycles. The van der Waals surface area contributed by atoms with Crippen LogP contribution in [0, 0.1) is 0 Å². The van der Waals surface area contributed by atoms with E-state index in [2.05, 4.69) is 15.2 Å². The van der Waals surface area contributed by atoms with Gasteiger partial charge < -0.3 is 9.13 Å². The summed E-state index contributed by atoms with van der Waals surface area (Å²) in [5.41, 5.74) is 2.48. The fourth-order valence-corrected chi connectivity index (χ4v) is 4.39. The maximum Gasteiger partial charge on any atom is 0.328 e. The lowest BCUT2D eigenvalue weighted by atomic mass is 10.1. The van der Waals surface area contributed by atoms with Gasteiger partial charge in [-0.25, -0.2) is 4.79 Å². The van der Waals surface area contributed by atoms with Crippen molar-refractivity contribution in [2.45, 2.75) is 25.9 Å². The normalized spacial score (nSPS) is 13.9. The molecule has 170 valence electrons. The number of imide groups is 2. The molecular formula is C26H22N4O4. The first-order valence-electron chi connectivity index (χ1n) is 11.1. The molecule has 1 fully saturated rings. The molecule has 34 heavy (non-hydrogen) atoms. The maximum atomic E-state index is 12.9. The molecule has 1 aliphatic heterocycles. The molecule has 0 unspecified atom stereocenters. The summed E-state index contributed by atoms with van der Waals surface area (Å²) in [5.74, 6) is -1.42. The molecule has 1 saturated heterocycles. The second-order valence-corrected chi connectivity index (χ2v) is 8.14. The molecular weight excluding hydrogens is 432 g/mol. The lowest BCUT2D eigenvalue weighted by molar-refractivity contribution is -0.123. The molecule has 0 saturated carbocycles. The lowest BCUT2D eigenvalue weighted by Crippen LogP contribution is -2.51. The zero-order valence-corrected chi connectivity index (χ0v) is 18.3. The van der Waals surface area contributed by atoms with Gasteiger partial charge in [0.25, 0.3) is 11.8 Å². The van der Waals surface area contributed by atoms with E-state index in [4.69, 9.17) is 0 Å². The molecule has 5 rings (SSSR count). The third-order valence-corrected chi connectivity index (χ3v) is 6.01. The van der Waals surface area contributed by atoms with E-state index in [-0.39, 0.29) is 11.0 Å². The van der Waals surface area contributed by atoms with Gasteiger partial charge in [-0.05, 0) is 55.3 Å². The Balaban J connectivity index is 1.34. The third-order valence-electron chi connectivity index (χ3n) is 6.01. The molecule has 0 bridgehead atoms. The van der Waals surface area contributed by atoms with Crippen LogP contribution in [0.3, 0.4) is 0 Å². The molecule has 0 atom stereocenters. The van der Waals surface area contributed by atoms with Gasteiger partial charge in [0.05, 0.1) is 11.0 Å². The van der Waals surface area contributed by atoms with E-state index in [1.54, 1.807) is 0 Å². The highest BCUT2D eigenvalue weighted by Crippen LogP contribution is 2.20. The fourth-order valence-electron chi connectivity index (χ4n) is 4.39. The van der Waals surface area contributed by atoms with Crippen LogP contribution < -0.4 is 16.1 Å². The minimum Gasteiger partial charge on any atom is -0.348 e. The highest BCUT2D eigenvalue weighted by Gasteiger charge is 2.27. The van der Waals surface area contributed by atoms with Crippen LogP contribution in [0.1, 0.15) is 18.5 Å². The number of benzene rings is 2. The number of unbranched alkanes of at least 4 members (excludes halogenated alkanes) is 1.